The van der Waals surface area contributed by atoms with Crippen molar-refractivity contribution in [2.75, 3.05) is 32.6 Å². The number of ether oxygens (including phenoxy) is 2. The monoisotopic (exact) mass is 330 g/mol. The molecule has 0 saturated carbocycles. The van der Waals surface area contributed by atoms with E-state index in [9.17, 15) is 8.42 Å². The van der Waals surface area contributed by atoms with Gasteiger partial charge in [0.2, 0.25) is 16.0 Å². The molecule has 1 unspecified atom stereocenters. The average molecular weight is 330 g/mol. The third kappa shape index (κ3) is 3.92. The molecule has 22 heavy (non-hydrogen) atoms. The van der Waals surface area contributed by atoms with Crippen LogP contribution in [0.2, 0.25) is 0 Å². The number of nitrogens with one attached hydrogen (secondary N) is 1. The zero-order valence-corrected chi connectivity index (χ0v) is 13.6. The zero-order valence-electron chi connectivity index (χ0n) is 12.8. The van der Waals surface area contributed by atoms with Gasteiger partial charge in [-0.3, -0.25) is 0 Å². The van der Waals surface area contributed by atoms with Crippen molar-refractivity contribution >= 4 is 16.0 Å². The van der Waals surface area contributed by atoms with Gasteiger partial charge in [0.25, 0.3) is 0 Å². The van der Waals surface area contributed by atoms with Crippen LogP contribution >= 0.6 is 0 Å². The van der Waals surface area contributed by atoms with Gasteiger partial charge in [-0.15, -0.1) is 0 Å². The van der Waals surface area contributed by atoms with E-state index in [1.54, 1.807) is 7.11 Å². The summed E-state index contributed by atoms with van der Waals surface area (Å²) in [4.78, 5) is 7.38. The van der Waals surface area contributed by atoms with Gasteiger partial charge >= 0.3 is 0 Å². The average Bonchev–Trinajstić information content (AvgIpc) is 2.54. The highest BCUT2D eigenvalue weighted by Crippen LogP contribution is 2.30. The minimum Gasteiger partial charge on any atom is -0.381 e. The number of rotatable bonds is 6. The number of aromatic nitrogens is 2. The van der Waals surface area contributed by atoms with E-state index in [4.69, 9.17) is 15.2 Å². The first-order chi connectivity index (χ1) is 10.4. The molecule has 1 aromatic heterocycles. The van der Waals surface area contributed by atoms with Crippen LogP contribution in [0.5, 0.6) is 0 Å². The number of hydrogen-bond donors (Lipinski definition) is 2. The Kier molecular flexibility index (Phi) is 5.32. The van der Waals surface area contributed by atoms with Crippen LogP contribution < -0.4 is 10.5 Å². The van der Waals surface area contributed by atoms with E-state index >= 15 is 0 Å². The first-order valence-corrected chi connectivity index (χ1v) is 8.56. The van der Waals surface area contributed by atoms with Crippen LogP contribution in [-0.4, -0.2) is 50.9 Å². The molecule has 2 rings (SSSR count). The van der Waals surface area contributed by atoms with Crippen molar-refractivity contribution in [1.29, 1.82) is 0 Å². The van der Waals surface area contributed by atoms with Crippen molar-refractivity contribution in [2.45, 2.75) is 30.3 Å². The maximum absolute atomic E-state index is 12.3. The fourth-order valence-corrected chi connectivity index (χ4v) is 3.50. The Balaban J connectivity index is 2.07. The fraction of sp³-hybridized carbons (Fsp3) is 0.692. The second kappa shape index (κ2) is 6.86. The first-order valence-electron chi connectivity index (χ1n) is 7.07. The quantitative estimate of drug-likeness (QED) is 0.763. The Morgan fingerprint density at radius 3 is 2.55 bits per heavy atom. The van der Waals surface area contributed by atoms with Gasteiger partial charge in [-0.2, -0.15) is 0 Å². The van der Waals surface area contributed by atoms with E-state index in [1.807, 2.05) is 6.92 Å². The Hall–Kier alpha value is -1.29. The van der Waals surface area contributed by atoms with E-state index < -0.39 is 15.6 Å². The molecule has 124 valence electrons. The molecule has 1 saturated heterocycles. The zero-order chi connectivity index (χ0) is 16.2. The van der Waals surface area contributed by atoms with E-state index in [0.717, 1.165) is 12.8 Å². The lowest BCUT2D eigenvalue weighted by Crippen LogP contribution is -2.49. The van der Waals surface area contributed by atoms with Crippen LogP contribution in [-0.2, 0) is 19.5 Å². The van der Waals surface area contributed by atoms with Crippen molar-refractivity contribution in [1.82, 2.24) is 14.7 Å². The summed E-state index contributed by atoms with van der Waals surface area (Å²) in [7, 11) is -2.11. The normalized spacial score (nSPS) is 19.7. The van der Waals surface area contributed by atoms with Gasteiger partial charge in [0, 0.05) is 26.9 Å². The molecule has 8 nitrogen and oxygen atoms in total. The second-order valence-corrected chi connectivity index (χ2v) is 7.27. The van der Waals surface area contributed by atoms with Crippen molar-refractivity contribution in [3.8, 4) is 0 Å². The molecular formula is C13H22N4O4S. The molecule has 2 heterocycles. The number of nitrogen functional groups attached to an aromatic ring is 1. The lowest BCUT2D eigenvalue weighted by molar-refractivity contribution is -0.0760. The molecule has 9 heteroatoms. The van der Waals surface area contributed by atoms with Gasteiger partial charge in [-0.25, -0.2) is 23.1 Å². The van der Waals surface area contributed by atoms with E-state index in [2.05, 4.69) is 14.7 Å². The van der Waals surface area contributed by atoms with Gasteiger partial charge in [0.1, 0.15) is 4.90 Å². The second-order valence-electron chi connectivity index (χ2n) is 5.50. The van der Waals surface area contributed by atoms with Gasteiger partial charge < -0.3 is 15.2 Å². The number of nitrogens with zero attached hydrogens (tertiary/aromatic N) is 2. The van der Waals surface area contributed by atoms with Crippen LogP contribution in [0.1, 0.15) is 19.8 Å². The SMILES string of the molecule is COC(C)(CNS(=O)(=O)c1cnc(N)nc1)C1CCOCC1. The van der Waals surface area contributed by atoms with Crippen molar-refractivity contribution < 1.29 is 17.9 Å². The molecule has 1 aliphatic rings. The Bertz CT molecular complexity index is 587. The summed E-state index contributed by atoms with van der Waals surface area (Å²) in [5.41, 5.74) is 4.77. The highest BCUT2D eigenvalue weighted by atomic mass is 32.2. The summed E-state index contributed by atoms with van der Waals surface area (Å²) < 4.78 is 38.1. The summed E-state index contributed by atoms with van der Waals surface area (Å²) >= 11 is 0. The molecule has 1 fully saturated rings. The van der Waals surface area contributed by atoms with Gasteiger partial charge in [-0.1, -0.05) is 0 Å². The lowest BCUT2D eigenvalue weighted by Gasteiger charge is -2.38. The lowest BCUT2D eigenvalue weighted by atomic mass is 9.83. The molecule has 0 bridgehead atoms. The Labute approximate surface area is 130 Å². The fourth-order valence-electron chi connectivity index (χ4n) is 2.48. The molecule has 1 aromatic rings. The number of nitrogens with two attached hydrogens (primary N) is 1. The maximum Gasteiger partial charge on any atom is 0.243 e. The molecule has 0 aliphatic carbocycles. The van der Waals surface area contributed by atoms with Crippen LogP contribution in [0, 0.1) is 5.92 Å². The van der Waals surface area contributed by atoms with Crippen LogP contribution in [0.3, 0.4) is 0 Å². The molecule has 1 aliphatic heterocycles. The van der Waals surface area contributed by atoms with Crippen LogP contribution in [0.4, 0.5) is 5.95 Å². The molecule has 0 radical (unpaired) electrons. The Morgan fingerprint density at radius 2 is 2.00 bits per heavy atom. The highest BCUT2D eigenvalue weighted by Gasteiger charge is 2.36. The largest absolute Gasteiger partial charge is 0.381 e. The molecule has 0 spiro atoms. The topological polar surface area (TPSA) is 116 Å². The molecule has 0 aromatic carbocycles. The summed E-state index contributed by atoms with van der Waals surface area (Å²) in [6, 6.07) is 0. The number of anilines is 1. The predicted octanol–water partition coefficient (Wildman–Crippen LogP) is 0.169. The third-order valence-electron chi connectivity index (χ3n) is 4.12. The Morgan fingerprint density at radius 1 is 1.41 bits per heavy atom. The van der Waals surface area contributed by atoms with Crippen molar-refractivity contribution in [3.63, 3.8) is 0 Å². The predicted molar refractivity (Wildman–Crippen MR) is 80.6 cm³/mol. The van der Waals surface area contributed by atoms with Crippen LogP contribution in [0.15, 0.2) is 17.3 Å². The van der Waals surface area contributed by atoms with Crippen molar-refractivity contribution in [2.24, 2.45) is 5.92 Å². The minimum atomic E-state index is -3.70. The molecule has 1 atom stereocenters. The smallest absolute Gasteiger partial charge is 0.243 e. The van der Waals surface area contributed by atoms with Gasteiger partial charge in [-0.05, 0) is 25.7 Å². The molecular weight excluding hydrogens is 308 g/mol. The van der Waals surface area contributed by atoms with Gasteiger partial charge in [0.15, 0.2) is 0 Å². The number of sulfonamides is 1. The summed E-state index contributed by atoms with van der Waals surface area (Å²) in [6.45, 7) is 3.41. The third-order valence-corrected chi connectivity index (χ3v) is 5.48. The summed E-state index contributed by atoms with van der Waals surface area (Å²) in [6.07, 6.45) is 4.06. The molecule has 0 amide bonds. The maximum atomic E-state index is 12.3. The minimum absolute atomic E-state index is 0.0212. The molecule has 3 N–H and O–H groups in total. The van der Waals surface area contributed by atoms with Gasteiger partial charge in [0.05, 0.1) is 18.0 Å². The number of hydrogen-bond acceptors (Lipinski definition) is 7. The van der Waals surface area contributed by atoms with Crippen LogP contribution in [0.25, 0.3) is 0 Å². The van der Waals surface area contributed by atoms with E-state index in [0.29, 0.717) is 13.2 Å². The highest BCUT2D eigenvalue weighted by molar-refractivity contribution is 7.89. The standard InChI is InChI=1S/C13H22N4O4S/c1-13(20-2,10-3-5-21-6-4-10)9-17-22(18,19)11-7-15-12(14)16-8-11/h7-8,10,17H,3-6,9H2,1-2H3,(H2,14,15,16). The van der Waals surface area contributed by atoms with E-state index in [1.165, 1.54) is 12.4 Å². The summed E-state index contributed by atoms with van der Waals surface area (Å²) in [5.74, 6) is 0.263. The summed E-state index contributed by atoms with van der Waals surface area (Å²) in [5, 5.41) is 0. The first kappa shape index (κ1) is 17.1. The van der Waals surface area contributed by atoms with E-state index in [-0.39, 0.29) is 23.3 Å². The number of methoxy groups -OCH3 is 1. The van der Waals surface area contributed by atoms with Crippen molar-refractivity contribution in [3.05, 3.63) is 12.4 Å².